The maximum atomic E-state index is 7.44. The molecule has 1 aliphatic carbocycles. The van der Waals surface area contributed by atoms with E-state index in [4.69, 9.17) is 4.74 Å². The van der Waals surface area contributed by atoms with Gasteiger partial charge < -0.3 is 4.74 Å². The van der Waals surface area contributed by atoms with Crippen molar-refractivity contribution in [2.24, 2.45) is 0 Å². The van der Waals surface area contributed by atoms with Crippen molar-refractivity contribution in [1.82, 2.24) is 0 Å². The highest BCUT2D eigenvalue weighted by molar-refractivity contribution is 7.15. The Balaban J connectivity index is 1.48. The molecule has 0 fully saturated rings. The van der Waals surface area contributed by atoms with Gasteiger partial charge in [0, 0.05) is 5.56 Å². The standard InChI is InChI=1S/C42H34OSi/c1-41(2,3)30-23-24-33-28(26-30)22-25-37-39(33)36-27-29-14-10-12-20-35(29)42(36)40(43-37)34-19-11-13-21-38(34)44(42,31-15-6-4-7-16-31)32-17-8-5-9-18-32/h4-27,40H,1-3H3/t40-,42-/m0/s1. The molecule has 0 saturated heterocycles. The molecule has 6 aromatic carbocycles. The van der Waals surface area contributed by atoms with Crippen LogP contribution in [0.25, 0.3) is 22.4 Å². The first kappa shape index (κ1) is 25.8. The molecule has 0 saturated carbocycles. The highest BCUT2D eigenvalue weighted by Crippen LogP contribution is 2.66. The molecule has 44 heavy (non-hydrogen) atoms. The second-order valence-electron chi connectivity index (χ2n) is 13.6. The highest BCUT2D eigenvalue weighted by atomic mass is 28.3. The van der Waals surface area contributed by atoms with Crippen LogP contribution in [-0.4, -0.2) is 8.07 Å². The van der Waals surface area contributed by atoms with Crippen LogP contribution in [-0.2, 0) is 10.5 Å². The lowest BCUT2D eigenvalue weighted by Gasteiger charge is -2.51. The summed E-state index contributed by atoms with van der Waals surface area (Å²) in [5.74, 6) is 0.987. The Morgan fingerprint density at radius 2 is 1.32 bits per heavy atom. The van der Waals surface area contributed by atoms with Crippen LogP contribution in [0.15, 0.2) is 140 Å². The van der Waals surface area contributed by atoms with E-state index in [0.29, 0.717) is 0 Å². The maximum Gasteiger partial charge on any atom is 0.168 e. The molecule has 0 bridgehead atoms. The second-order valence-corrected chi connectivity index (χ2v) is 17.6. The van der Waals surface area contributed by atoms with Crippen LogP contribution in [0.5, 0.6) is 5.75 Å². The van der Waals surface area contributed by atoms with Crippen LogP contribution < -0.4 is 20.3 Å². The fraction of sp³-hybridized carbons (Fsp3) is 0.143. The minimum absolute atomic E-state index is 0.0750. The number of hydrogen-bond donors (Lipinski definition) is 0. The molecule has 2 heterocycles. The molecule has 3 aliphatic rings. The summed E-state index contributed by atoms with van der Waals surface area (Å²) in [6.45, 7) is 6.88. The molecule has 2 heteroatoms. The van der Waals surface area contributed by atoms with Gasteiger partial charge in [-0.1, -0.05) is 154 Å². The van der Waals surface area contributed by atoms with Crippen LogP contribution in [0.4, 0.5) is 0 Å². The number of fused-ring (bicyclic) bond motifs is 7. The summed E-state index contributed by atoms with van der Waals surface area (Å²) in [7, 11) is -2.86. The molecule has 0 aromatic heterocycles. The third-order valence-corrected chi connectivity index (χ3v) is 16.2. The fourth-order valence-electron chi connectivity index (χ4n) is 8.80. The summed E-state index contributed by atoms with van der Waals surface area (Å²) < 4.78 is 7.44. The molecular weight excluding hydrogens is 549 g/mol. The van der Waals surface area contributed by atoms with Crippen molar-refractivity contribution in [3.05, 3.63) is 167 Å². The maximum absolute atomic E-state index is 7.44. The quantitative estimate of drug-likeness (QED) is 0.188. The van der Waals surface area contributed by atoms with Crippen molar-refractivity contribution < 1.29 is 4.74 Å². The van der Waals surface area contributed by atoms with Gasteiger partial charge >= 0.3 is 0 Å². The Morgan fingerprint density at radius 1 is 0.659 bits per heavy atom. The molecule has 0 amide bonds. The van der Waals surface area contributed by atoms with E-state index in [1.54, 1.807) is 0 Å². The van der Waals surface area contributed by atoms with Gasteiger partial charge in [0.2, 0.25) is 0 Å². The third kappa shape index (κ3) is 3.09. The normalized spacial score (nSPS) is 20.5. The molecule has 6 aromatic rings. The van der Waals surface area contributed by atoms with Crippen LogP contribution in [0, 0.1) is 0 Å². The largest absolute Gasteiger partial charge is 0.484 e. The van der Waals surface area contributed by atoms with Crippen molar-refractivity contribution in [3.8, 4) is 5.75 Å². The van der Waals surface area contributed by atoms with Gasteiger partial charge in [-0.3, -0.25) is 0 Å². The van der Waals surface area contributed by atoms with Crippen LogP contribution in [0.2, 0.25) is 0 Å². The lowest BCUT2D eigenvalue weighted by molar-refractivity contribution is 0.170. The van der Waals surface area contributed by atoms with Crippen LogP contribution >= 0.6 is 0 Å². The third-order valence-electron chi connectivity index (χ3n) is 10.5. The van der Waals surface area contributed by atoms with Crippen molar-refractivity contribution in [1.29, 1.82) is 0 Å². The zero-order valence-electron chi connectivity index (χ0n) is 25.3. The number of hydrogen-bond acceptors (Lipinski definition) is 1. The minimum Gasteiger partial charge on any atom is -0.484 e. The summed E-state index contributed by atoms with van der Waals surface area (Å²) in [6.07, 6.45) is 2.37. The van der Waals surface area contributed by atoms with Gasteiger partial charge in [0.05, 0.1) is 5.04 Å². The smallest absolute Gasteiger partial charge is 0.168 e. The summed E-state index contributed by atoms with van der Waals surface area (Å²) >= 11 is 0. The van der Waals surface area contributed by atoms with Crippen molar-refractivity contribution in [2.75, 3.05) is 0 Å². The summed E-state index contributed by atoms with van der Waals surface area (Å²) in [6, 6.07) is 52.6. The van der Waals surface area contributed by atoms with Gasteiger partial charge in [-0.25, -0.2) is 0 Å². The second kappa shape index (κ2) is 8.94. The first-order valence-corrected chi connectivity index (χ1v) is 17.7. The SMILES string of the molecule is CC(C)(C)c1ccc2c3c(ccc2c1)O[C@H]1c2ccccc2[Si](c2ccccc2)(c2ccccc2)[C@@]12C3=Cc1ccccc12. The predicted octanol–water partition coefficient (Wildman–Crippen LogP) is 8.09. The average molecular weight is 583 g/mol. The van der Waals surface area contributed by atoms with Gasteiger partial charge in [-0.05, 0) is 71.7 Å². The molecular formula is C42H34OSi. The summed E-state index contributed by atoms with van der Waals surface area (Å²) in [5.41, 5.74) is 8.12. The molecule has 2 atom stereocenters. The summed E-state index contributed by atoms with van der Waals surface area (Å²) in [5, 5.41) is 6.45. The molecule has 0 N–H and O–H groups in total. The van der Waals surface area contributed by atoms with Gasteiger partial charge in [-0.15, -0.1) is 0 Å². The van der Waals surface area contributed by atoms with E-state index in [1.165, 1.54) is 59.7 Å². The Bertz CT molecular complexity index is 2100. The lowest BCUT2D eigenvalue weighted by atomic mass is 9.78. The van der Waals surface area contributed by atoms with E-state index in [0.717, 1.165) is 5.75 Å². The Morgan fingerprint density at radius 3 is 2.05 bits per heavy atom. The van der Waals surface area contributed by atoms with E-state index in [-0.39, 0.29) is 16.6 Å². The van der Waals surface area contributed by atoms with Crippen LogP contribution in [0.1, 0.15) is 54.7 Å². The van der Waals surface area contributed by atoms with Crippen molar-refractivity contribution in [3.63, 3.8) is 0 Å². The van der Waals surface area contributed by atoms with E-state index in [1.807, 2.05) is 0 Å². The molecule has 0 radical (unpaired) electrons. The number of ether oxygens (including phenoxy) is 1. The zero-order chi connectivity index (χ0) is 29.7. The molecule has 2 aliphatic heterocycles. The van der Waals surface area contributed by atoms with Crippen molar-refractivity contribution >= 4 is 46.1 Å². The highest BCUT2D eigenvalue weighted by Gasteiger charge is 2.72. The Labute approximate surface area is 260 Å². The Kier molecular flexibility index (Phi) is 5.24. The van der Waals surface area contributed by atoms with E-state index < -0.39 is 8.07 Å². The zero-order valence-corrected chi connectivity index (χ0v) is 26.3. The molecule has 212 valence electrons. The molecule has 1 spiro atoms. The minimum atomic E-state index is -2.86. The number of rotatable bonds is 2. The van der Waals surface area contributed by atoms with Gasteiger partial charge in [0.25, 0.3) is 0 Å². The Hall–Kier alpha value is -4.66. The molecule has 1 nitrogen and oxygen atoms in total. The topological polar surface area (TPSA) is 9.23 Å². The first-order chi connectivity index (χ1) is 21.5. The summed E-state index contributed by atoms with van der Waals surface area (Å²) in [4.78, 5) is 0. The first-order valence-electron chi connectivity index (χ1n) is 15.7. The van der Waals surface area contributed by atoms with E-state index >= 15 is 0 Å². The molecule has 9 rings (SSSR count). The van der Waals surface area contributed by atoms with E-state index in [2.05, 4.69) is 166 Å². The van der Waals surface area contributed by atoms with Gasteiger partial charge in [0.1, 0.15) is 11.9 Å². The number of benzene rings is 6. The van der Waals surface area contributed by atoms with Gasteiger partial charge in [-0.2, -0.15) is 0 Å². The average Bonchev–Trinajstić information content (AvgIpc) is 3.54. The van der Waals surface area contributed by atoms with Crippen LogP contribution in [0.3, 0.4) is 0 Å². The fourth-order valence-corrected chi connectivity index (χ4v) is 15.3. The lowest BCUT2D eigenvalue weighted by Crippen LogP contribution is -2.76. The molecule has 0 unspecified atom stereocenters. The van der Waals surface area contributed by atoms with Gasteiger partial charge in [0.15, 0.2) is 8.07 Å². The van der Waals surface area contributed by atoms with Crippen molar-refractivity contribution in [2.45, 2.75) is 37.3 Å². The monoisotopic (exact) mass is 582 g/mol. The predicted molar refractivity (Wildman–Crippen MR) is 186 cm³/mol. The van der Waals surface area contributed by atoms with E-state index in [9.17, 15) is 0 Å².